The van der Waals surface area contributed by atoms with E-state index in [-0.39, 0.29) is 10.8 Å². The van der Waals surface area contributed by atoms with E-state index < -0.39 is 0 Å². The van der Waals surface area contributed by atoms with Gasteiger partial charge in [0.1, 0.15) is 16.9 Å². The lowest BCUT2D eigenvalue weighted by Crippen LogP contribution is -2.16. The van der Waals surface area contributed by atoms with Crippen molar-refractivity contribution in [3.8, 4) is 78.4 Å². The Morgan fingerprint density at radius 1 is 0.344 bits per heavy atom. The molecule has 0 saturated carbocycles. The molecule has 0 spiro atoms. The van der Waals surface area contributed by atoms with Crippen molar-refractivity contribution in [1.82, 2.24) is 9.97 Å². The fourth-order valence-corrected chi connectivity index (χ4v) is 10.4. The molecule has 3 heteroatoms. The topological polar surface area (TPSA) is 38.9 Å². The highest BCUT2D eigenvalue weighted by atomic mass is 16.3. The van der Waals surface area contributed by atoms with Gasteiger partial charge in [0.05, 0.1) is 17.1 Å². The Kier molecular flexibility index (Phi) is 7.62. The maximum Gasteiger partial charge on any atom is 0.144 e. The second-order valence-corrected chi connectivity index (χ2v) is 17.7. The molecule has 0 saturated heterocycles. The zero-order valence-corrected chi connectivity index (χ0v) is 34.6. The zero-order valence-electron chi connectivity index (χ0n) is 34.6. The van der Waals surface area contributed by atoms with Crippen molar-refractivity contribution in [3.05, 3.63) is 204 Å². The standard InChI is InChI=1S/C58H42N2O/c1-57(2)46-28-15-14-24-40(46)43-33-49-45(34-48(43)57)51-39(25-17-29-47(51)58(49,3)4)38-30-31-50-44(32-38)41-26-16-27-42(56(41)61-50)55-54(37-22-12-7-13-23-37)59-52(35-18-8-5-9-19-35)53(60-55)36-20-10-6-11-21-36/h5-34H,1-4H3. The van der Waals surface area contributed by atoms with Crippen LogP contribution in [0.15, 0.2) is 186 Å². The van der Waals surface area contributed by atoms with Gasteiger partial charge in [0, 0.05) is 43.9 Å². The molecule has 0 N–H and O–H groups in total. The lowest BCUT2D eigenvalue weighted by molar-refractivity contribution is 0.652. The second kappa shape index (κ2) is 13.1. The van der Waals surface area contributed by atoms with Gasteiger partial charge in [-0.3, -0.25) is 0 Å². The molecule has 0 fully saturated rings. The average molecular weight is 783 g/mol. The van der Waals surface area contributed by atoms with Crippen molar-refractivity contribution in [3.63, 3.8) is 0 Å². The summed E-state index contributed by atoms with van der Waals surface area (Å²) in [6.45, 7) is 9.52. The summed E-state index contributed by atoms with van der Waals surface area (Å²) in [5.41, 5.74) is 22.0. The van der Waals surface area contributed by atoms with Crippen LogP contribution in [-0.4, -0.2) is 9.97 Å². The molecule has 61 heavy (non-hydrogen) atoms. The number of benzene rings is 8. The van der Waals surface area contributed by atoms with Crippen LogP contribution in [0.5, 0.6) is 0 Å². The molecule has 2 aliphatic carbocycles. The van der Waals surface area contributed by atoms with Crippen LogP contribution in [0.25, 0.3) is 100 Å². The number of fused-ring (bicyclic) bond motifs is 9. The van der Waals surface area contributed by atoms with Crippen LogP contribution in [0.3, 0.4) is 0 Å². The third kappa shape index (κ3) is 5.23. The van der Waals surface area contributed by atoms with Crippen LogP contribution in [0.4, 0.5) is 0 Å². The summed E-state index contributed by atoms with van der Waals surface area (Å²) in [6, 6.07) is 65.1. The van der Waals surface area contributed by atoms with Crippen LogP contribution in [-0.2, 0) is 10.8 Å². The third-order valence-corrected chi connectivity index (χ3v) is 13.5. The Morgan fingerprint density at radius 2 is 0.852 bits per heavy atom. The Bertz CT molecular complexity index is 3390. The number of rotatable bonds is 5. The van der Waals surface area contributed by atoms with Gasteiger partial charge in [-0.2, -0.15) is 0 Å². The van der Waals surface area contributed by atoms with Crippen molar-refractivity contribution in [2.24, 2.45) is 0 Å². The number of aromatic nitrogens is 2. The van der Waals surface area contributed by atoms with E-state index in [9.17, 15) is 0 Å². The molecule has 0 radical (unpaired) electrons. The molecular formula is C58H42N2O. The molecule has 3 nitrogen and oxygen atoms in total. The fraction of sp³-hybridized carbons (Fsp3) is 0.103. The van der Waals surface area contributed by atoms with Gasteiger partial charge >= 0.3 is 0 Å². The third-order valence-electron chi connectivity index (χ3n) is 13.5. The maximum absolute atomic E-state index is 6.90. The smallest absolute Gasteiger partial charge is 0.144 e. The van der Waals surface area contributed by atoms with E-state index in [1.807, 2.05) is 18.2 Å². The maximum atomic E-state index is 6.90. The first-order valence-electron chi connectivity index (χ1n) is 21.2. The second-order valence-electron chi connectivity index (χ2n) is 17.7. The Morgan fingerprint density at radius 3 is 1.54 bits per heavy atom. The van der Waals surface area contributed by atoms with Crippen molar-refractivity contribution >= 4 is 21.9 Å². The van der Waals surface area contributed by atoms with E-state index >= 15 is 0 Å². The van der Waals surface area contributed by atoms with Gasteiger partial charge in [0.2, 0.25) is 0 Å². The normalized spacial score (nSPS) is 14.2. The van der Waals surface area contributed by atoms with Crippen molar-refractivity contribution < 1.29 is 4.42 Å². The minimum absolute atomic E-state index is 0.0798. The molecule has 2 aromatic heterocycles. The summed E-state index contributed by atoms with van der Waals surface area (Å²) in [4.78, 5) is 11.0. The zero-order chi connectivity index (χ0) is 41.0. The molecular weight excluding hydrogens is 741 g/mol. The molecule has 2 aliphatic rings. The lowest BCUT2D eigenvalue weighted by Gasteiger charge is -2.24. The van der Waals surface area contributed by atoms with Gasteiger partial charge in [0.15, 0.2) is 0 Å². The summed E-state index contributed by atoms with van der Waals surface area (Å²) >= 11 is 0. The SMILES string of the molecule is CC1(C)c2ccccc2-c2cc3c(cc21)-c1c(-c2ccc4oc5c(-c6nc(-c7ccccc7)c(-c7ccccc7)nc6-c6ccccc6)cccc5c4c2)cccc1C3(C)C. The highest BCUT2D eigenvalue weighted by Gasteiger charge is 2.42. The van der Waals surface area contributed by atoms with Gasteiger partial charge in [-0.05, 0) is 86.0 Å². The predicted molar refractivity (Wildman–Crippen MR) is 252 cm³/mol. The molecule has 12 rings (SSSR count). The number of para-hydroxylation sites is 1. The fourth-order valence-electron chi connectivity index (χ4n) is 10.4. The first kappa shape index (κ1) is 35.6. The lowest BCUT2D eigenvalue weighted by atomic mass is 9.79. The molecule has 0 amide bonds. The van der Waals surface area contributed by atoms with Crippen LogP contribution >= 0.6 is 0 Å². The number of nitrogens with zero attached hydrogens (tertiary/aromatic N) is 2. The summed E-state index contributed by atoms with van der Waals surface area (Å²) in [5.74, 6) is 0. The summed E-state index contributed by atoms with van der Waals surface area (Å²) in [6.07, 6.45) is 0. The van der Waals surface area contributed by atoms with Crippen LogP contribution in [0, 0.1) is 0 Å². The number of hydrogen-bond donors (Lipinski definition) is 0. The van der Waals surface area contributed by atoms with Gasteiger partial charge in [-0.15, -0.1) is 0 Å². The Hall–Kier alpha value is -7.36. The van der Waals surface area contributed by atoms with Crippen LogP contribution in [0.1, 0.15) is 49.9 Å². The van der Waals surface area contributed by atoms with Gasteiger partial charge < -0.3 is 4.42 Å². The van der Waals surface area contributed by atoms with E-state index in [1.165, 1.54) is 55.6 Å². The van der Waals surface area contributed by atoms with Crippen LogP contribution in [0.2, 0.25) is 0 Å². The number of hydrogen-bond acceptors (Lipinski definition) is 3. The monoisotopic (exact) mass is 782 g/mol. The Labute approximate surface area is 356 Å². The molecule has 0 aliphatic heterocycles. The molecule has 290 valence electrons. The van der Waals surface area contributed by atoms with Gasteiger partial charge in [-0.25, -0.2) is 9.97 Å². The molecule has 0 bridgehead atoms. The molecule has 0 atom stereocenters. The van der Waals surface area contributed by atoms with Crippen molar-refractivity contribution in [1.29, 1.82) is 0 Å². The highest BCUT2D eigenvalue weighted by Crippen LogP contribution is 2.58. The summed E-state index contributed by atoms with van der Waals surface area (Å²) < 4.78 is 6.90. The van der Waals surface area contributed by atoms with Crippen molar-refractivity contribution in [2.45, 2.75) is 38.5 Å². The Balaban J connectivity index is 1.05. The van der Waals surface area contributed by atoms with E-state index in [1.54, 1.807) is 0 Å². The van der Waals surface area contributed by atoms with Gasteiger partial charge in [-0.1, -0.05) is 179 Å². The first-order chi connectivity index (χ1) is 29.8. The van der Waals surface area contributed by atoms with E-state index in [2.05, 4.69) is 191 Å². The number of furan rings is 1. The van der Waals surface area contributed by atoms with Gasteiger partial charge in [0.25, 0.3) is 0 Å². The summed E-state index contributed by atoms with van der Waals surface area (Å²) in [5, 5.41) is 2.13. The molecule has 8 aromatic carbocycles. The molecule has 10 aromatic rings. The predicted octanol–water partition coefficient (Wildman–Crippen LogP) is 15.3. The molecule has 2 heterocycles. The highest BCUT2D eigenvalue weighted by molar-refractivity contribution is 6.12. The van der Waals surface area contributed by atoms with Crippen molar-refractivity contribution in [2.75, 3.05) is 0 Å². The summed E-state index contributed by atoms with van der Waals surface area (Å²) in [7, 11) is 0. The quantitative estimate of drug-likeness (QED) is 0.175. The van der Waals surface area contributed by atoms with E-state index in [4.69, 9.17) is 14.4 Å². The average Bonchev–Trinajstić information content (AvgIpc) is 3.88. The first-order valence-corrected chi connectivity index (χ1v) is 21.2. The molecule has 0 unspecified atom stereocenters. The minimum atomic E-state index is -0.148. The van der Waals surface area contributed by atoms with E-state index in [0.29, 0.717) is 0 Å². The largest absolute Gasteiger partial charge is 0.455 e. The minimum Gasteiger partial charge on any atom is -0.455 e. The van der Waals surface area contributed by atoms with Crippen LogP contribution < -0.4 is 0 Å². The van der Waals surface area contributed by atoms with E-state index in [0.717, 1.165) is 67.0 Å².